The molecule has 2 aromatic heterocycles. The highest BCUT2D eigenvalue weighted by molar-refractivity contribution is 7.98. The molecule has 0 saturated heterocycles. The third-order valence-electron chi connectivity index (χ3n) is 5.36. The van der Waals surface area contributed by atoms with Gasteiger partial charge in [0.25, 0.3) is 5.56 Å². The molecule has 0 aliphatic rings. The van der Waals surface area contributed by atoms with Gasteiger partial charge in [0, 0.05) is 24.6 Å². The van der Waals surface area contributed by atoms with Crippen molar-refractivity contribution in [1.82, 2.24) is 19.3 Å². The lowest BCUT2D eigenvalue weighted by molar-refractivity contribution is 0.0743. The molecule has 0 saturated carbocycles. The maximum absolute atomic E-state index is 13.2. The summed E-state index contributed by atoms with van der Waals surface area (Å²) in [6.07, 6.45) is 0.950. The summed E-state index contributed by atoms with van der Waals surface area (Å²) >= 11 is 1.59. The predicted octanol–water partition coefficient (Wildman–Crippen LogP) is 5.31. The maximum Gasteiger partial charge on any atom is 0.262 e. The number of hydrogen-bond acceptors (Lipinski definition) is 5. The van der Waals surface area contributed by atoms with Crippen LogP contribution in [0.15, 0.2) is 64.5 Å². The first-order valence-corrected chi connectivity index (χ1v) is 12.3. The van der Waals surface area contributed by atoms with Crippen LogP contribution in [-0.2, 0) is 17.0 Å². The van der Waals surface area contributed by atoms with Crippen LogP contribution in [0.25, 0.3) is 16.6 Å². The summed E-state index contributed by atoms with van der Waals surface area (Å²) < 4.78 is 9.41. The highest BCUT2D eigenvalue weighted by atomic mass is 32.2. The Labute approximate surface area is 198 Å². The predicted molar refractivity (Wildman–Crippen MR) is 134 cm³/mol. The van der Waals surface area contributed by atoms with Crippen molar-refractivity contribution in [2.24, 2.45) is 0 Å². The fourth-order valence-electron chi connectivity index (χ4n) is 3.77. The van der Waals surface area contributed by atoms with Gasteiger partial charge >= 0.3 is 0 Å². The number of aromatic nitrogens is 4. The molecule has 0 radical (unpaired) electrons. The molecule has 4 aromatic rings. The molecule has 6 nitrogen and oxygen atoms in total. The van der Waals surface area contributed by atoms with Crippen LogP contribution in [0.3, 0.4) is 0 Å². The molecule has 2 aromatic carbocycles. The molecule has 0 aliphatic heterocycles. The first kappa shape index (κ1) is 23.3. The van der Waals surface area contributed by atoms with Crippen LogP contribution in [0.1, 0.15) is 37.2 Å². The number of fused-ring (bicyclic) bond motifs is 1. The minimum atomic E-state index is 0.00696. The Kier molecular flexibility index (Phi) is 7.30. The highest BCUT2D eigenvalue weighted by Crippen LogP contribution is 2.23. The van der Waals surface area contributed by atoms with Crippen LogP contribution >= 0.6 is 11.8 Å². The van der Waals surface area contributed by atoms with Gasteiger partial charge in [0.1, 0.15) is 0 Å². The summed E-state index contributed by atoms with van der Waals surface area (Å²) in [7, 11) is 0. The Morgan fingerprint density at radius 2 is 1.82 bits per heavy atom. The second-order valence-electron chi connectivity index (χ2n) is 8.44. The third-order valence-corrected chi connectivity index (χ3v) is 6.41. The molecule has 2 heterocycles. The van der Waals surface area contributed by atoms with Crippen LogP contribution in [-0.4, -0.2) is 32.0 Å². The molecule has 0 bridgehead atoms. The molecule has 172 valence electrons. The number of nitrogens with zero attached hydrogens (tertiary/aromatic N) is 4. The summed E-state index contributed by atoms with van der Waals surface area (Å²) in [4.78, 5) is 18.0. The van der Waals surface area contributed by atoms with Crippen molar-refractivity contribution in [2.75, 3.05) is 6.61 Å². The first-order valence-electron chi connectivity index (χ1n) is 11.3. The summed E-state index contributed by atoms with van der Waals surface area (Å²) in [5.74, 6) is 0.727. The molecule has 0 unspecified atom stereocenters. The number of aryl methyl sites for hydroxylation is 2. The summed E-state index contributed by atoms with van der Waals surface area (Å²) in [6, 6.07) is 18.0. The van der Waals surface area contributed by atoms with Crippen LogP contribution < -0.4 is 5.56 Å². The molecular formula is C26H30N4O2S. The Bertz CT molecular complexity index is 1290. The van der Waals surface area contributed by atoms with E-state index >= 15 is 0 Å². The van der Waals surface area contributed by atoms with Crippen LogP contribution in [0.2, 0.25) is 0 Å². The van der Waals surface area contributed by atoms with E-state index in [0.717, 1.165) is 39.9 Å². The molecule has 7 heteroatoms. The molecule has 0 amide bonds. The second-order valence-corrected chi connectivity index (χ2v) is 9.38. The van der Waals surface area contributed by atoms with Crippen molar-refractivity contribution in [2.45, 2.75) is 57.7 Å². The van der Waals surface area contributed by atoms with Crippen LogP contribution in [0.5, 0.6) is 0 Å². The van der Waals surface area contributed by atoms with E-state index in [1.807, 2.05) is 49.7 Å². The molecule has 0 spiro atoms. The van der Waals surface area contributed by atoms with Gasteiger partial charge in [0.2, 0.25) is 0 Å². The van der Waals surface area contributed by atoms with Gasteiger partial charge in [-0.05, 0) is 70.0 Å². The number of hydrogen-bond donors (Lipinski definition) is 0. The van der Waals surface area contributed by atoms with Gasteiger partial charge in [-0.2, -0.15) is 5.10 Å². The van der Waals surface area contributed by atoms with Gasteiger partial charge in [-0.1, -0.05) is 36.0 Å². The standard InChI is InChI=1S/C26H30N4O2S/c1-18(2)32-15-7-14-29-25(31)23-8-5-6-9-24(23)27-26(29)33-17-21-10-12-22(13-11-21)30-20(4)16-19(3)28-30/h5-6,8-13,16,18H,7,14-15,17H2,1-4H3. The quantitative estimate of drug-likeness (QED) is 0.192. The minimum Gasteiger partial charge on any atom is -0.379 e. The summed E-state index contributed by atoms with van der Waals surface area (Å²) in [5, 5.41) is 5.95. The lowest BCUT2D eigenvalue weighted by atomic mass is 10.2. The molecule has 33 heavy (non-hydrogen) atoms. The zero-order valence-corrected chi connectivity index (χ0v) is 20.4. The molecule has 0 N–H and O–H groups in total. The number of rotatable bonds is 9. The zero-order chi connectivity index (χ0) is 23.4. The summed E-state index contributed by atoms with van der Waals surface area (Å²) in [6.45, 7) is 9.30. The maximum atomic E-state index is 13.2. The van der Waals surface area contributed by atoms with E-state index in [-0.39, 0.29) is 11.7 Å². The van der Waals surface area contributed by atoms with Gasteiger partial charge in [-0.3, -0.25) is 9.36 Å². The molecule has 0 atom stereocenters. The van der Waals surface area contributed by atoms with E-state index < -0.39 is 0 Å². The lowest BCUT2D eigenvalue weighted by Gasteiger charge is -2.14. The Balaban J connectivity index is 1.54. The van der Waals surface area contributed by atoms with E-state index in [2.05, 4.69) is 42.4 Å². The Hall–Kier alpha value is -2.90. The lowest BCUT2D eigenvalue weighted by Crippen LogP contribution is -2.24. The van der Waals surface area contributed by atoms with Crippen LogP contribution in [0.4, 0.5) is 0 Å². The molecule has 0 fully saturated rings. The zero-order valence-electron chi connectivity index (χ0n) is 19.6. The highest BCUT2D eigenvalue weighted by Gasteiger charge is 2.12. The van der Waals surface area contributed by atoms with Crippen molar-refractivity contribution in [3.05, 3.63) is 81.9 Å². The van der Waals surface area contributed by atoms with E-state index in [4.69, 9.17) is 9.72 Å². The monoisotopic (exact) mass is 462 g/mol. The average molecular weight is 463 g/mol. The molecular weight excluding hydrogens is 432 g/mol. The Morgan fingerprint density at radius 3 is 2.52 bits per heavy atom. The normalized spacial score (nSPS) is 11.5. The van der Waals surface area contributed by atoms with Crippen molar-refractivity contribution in [3.63, 3.8) is 0 Å². The topological polar surface area (TPSA) is 61.9 Å². The van der Waals surface area contributed by atoms with Gasteiger partial charge < -0.3 is 4.74 Å². The third kappa shape index (κ3) is 5.54. The van der Waals surface area contributed by atoms with Crippen molar-refractivity contribution in [3.8, 4) is 5.69 Å². The fourth-order valence-corrected chi connectivity index (χ4v) is 4.75. The minimum absolute atomic E-state index is 0.00696. The Morgan fingerprint density at radius 1 is 1.06 bits per heavy atom. The molecule has 4 rings (SSSR count). The van der Waals surface area contributed by atoms with Gasteiger partial charge in [0.15, 0.2) is 5.16 Å². The number of ether oxygens (including phenoxy) is 1. The van der Waals surface area contributed by atoms with Gasteiger partial charge in [-0.15, -0.1) is 0 Å². The second kappa shape index (κ2) is 10.4. The van der Waals surface area contributed by atoms with Gasteiger partial charge in [-0.25, -0.2) is 9.67 Å². The van der Waals surface area contributed by atoms with E-state index in [1.54, 1.807) is 16.3 Å². The number of para-hydroxylation sites is 1. The van der Waals surface area contributed by atoms with Crippen LogP contribution in [0, 0.1) is 13.8 Å². The fraction of sp³-hybridized carbons (Fsp3) is 0.346. The van der Waals surface area contributed by atoms with E-state index in [0.29, 0.717) is 18.5 Å². The SMILES string of the molecule is Cc1cc(C)n(-c2ccc(CSc3nc4ccccc4c(=O)n3CCCOC(C)C)cc2)n1. The largest absolute Gasteiger partial charge is 0.379 e. The average Bonchev–Trinajstić information content (AvgIpc) is 3.14. The van der Waals surface area contributed by atoms with E-state index in [9.17, 15) is 4.79 Å². The van der Waals surface area contributed by atoms with E-state index in [1.165, 1.54) is 5.56 Å². The number of thioether (sulfide) groups is 1. The number of benzene rings is 2. The smallest absolute Gasteiger partial charge is 0.262 e. The first-order chi connectivity index (χ1) is 15.9. The molecule has 0 aliphatic carbocycles. The van der Waals surface area contributed by atoms with Crippen molar-refractivity contribution >= 4 is 22.7 Å². The van der Waals surface area contributed by atoms with Crippen molar-refractivity contribution in [1.29, 1.82) is 0 Å². The summed E-state index contributed by atoms with van der Waals surface area (Å²) in [5.41, 5.74) is 5.07. The van der Waals surface area contributed by atoms with Gasteiger partial charge in [0.05, 0.1) is 28.4 Å². The van der Waals surface area contributed by atoms with Crippen molar-refractivity contribution < 1.29 is 4.74 Å².